The molecule has 0 aliphatic heterocycles. The number of pyridine rings is 1. The van der Waals surface area contributed by atoms with E-state index in [9.17, 15) is 4.79 Å². The third-order valence-corrected chi connectivity index (χ3v) is 2.67. The van der Waals surface area contributed by atoms with Crippen LogP contribution in [0, 0.1) is 0 Å². The molecule has 0 aromatic carbocycles. The second-order valence-corrected chi connectivity index (χ2v) is 4.93. The van der Waals surface area contributed by atoms with Crippen LogP contribution in [0.2, 0.25) is 0 Å². The number of carbonyl (C=O) groups excluding carboxylic acids is 1. The standard InChI is InChI=1S/C13H18N4O.2ClH/c1-13(2,14)12(18)15-7-6-10-9-17-8-4-3-5-11(17)16-10;;/h3-5,8-9H,6-7,14H2,1-2H3,(H,15,18);2*1H. The van der Waals surface area contributed by atoms with Crippen molar-refractivity contribution < 1.29 is 4.79 Å². The summed E-state index contributed by atoms with van der Waals surface area (Å²) in [6.45, 7) is 3.92. The summed E-state index contributed by atoms with van der Waals surface area (Å²) >= 11 is 0. The van der Waals surface area contributed by atoms with Gasteiger partial charge in [-0.2, -0.15) is 0 Å². The van der Waals surface area contributed by atoms with Crippen LogP contribution < -0.4 is 11.1 Å². The molecule has 0 radical (unpaired) electrons. The minimum Gasteiger partial charge on any atom is -0.354 e. The van der Waals surface area contributed by atoms with Gasteiger partial charge in [0, 0.05) is 25.4 Å². The van der Waals surface area contributed by atoms with E-state index in [0.29, 0.717) is 13.0 Å². The van der Waals surface area contributed by atoms with Gasteiger partial charge >= 0.3 is 0 Å². The lowest BCUT2D eigenvalue weighted by molar-refractivity contribution is -0.125. The molecule has 5 nitrogen and oxygen atoms in total. The number of carbonyl (C=O) groups is 1. The van der Waals surface area contributed by atoms with E-state index >= 15 is 0 Å². The molecule has 2 heterocycles. The van der Waals surface area contributed by atoms with Gasteiger partial charge in [-0.25, -0.2) is 4.98 Å². The maximum atomic E-state index is 11.6. The van der Waals surface area contributed by atoms with Gasteiger partial charge in [0.1, 0.15) is 5.65 Å². The van der Waals surface area contributed by atoms with Crippen molar-refractivity contribution in [3.63, 3.8) is 0 Å². The summed E-state index contributed by atoms with van der Waals surface area (Å²) in [5.41, 5.74) is 6.72. The van der Waals surface area contributed by atoms with E-state index in [0.717, 1.165) is 11.3 Å². The van der Waals surface area contributed by atoms with Crippen molar-refractivity contribution in [1.29, 1.82) is 0 Å². The largest absolute Gasteiger partial charge is 0.354 e. The zero-order valence-electron chi connectivity index (χ0n) is 11.5. The predicted octanol–water partition coefficient (Wildman–Crippen LogP) is 1.57. The van der Waals surface area contributed by atoms with E-state index in [4.69, 9.17) is 5.73 Å². The van der Waals surface area contributed by atoms with Crippen molar-refractivity contribution in [2.24, 2.45) is 5.73 Å². The highest BCUT2D eigenvalue weighted by atomic mass is 35.5. The number of nitrogens with two attached hydrogens (primary N) is 1. The maximum absolute atomic E-state index is 11.6. The van der Waals surface area contributed by atoms with E-state index < -0.39 is 5.54 Å². The van der Waals surface area contributed by atoms with Crippen molar-refractivity contribution >= 4 is 36.4 Å². The number of halogens is 2. The minimum absolute atomic E-state index is 0. The lowest BCUT2D eigenvalue weighted by Crippen LogP contribution is -2.49. The Morgan fingerprint density at radius 2 is 2.10 bits per heavy atom. The molecule has 0 spiro atoms. The van der Waals surface area contributed by atoms with Crippen LogP contribution in [0.1, 0.15) is 19.5 Å². The second kappa shape index (κ2) is 7.47. The van der Waals surface area contributed by atoms with Gasteiger partial charge in [0.25, 0.3) is 0 Å². The Hall–Kier alpha value is -1.30. The van der Waals surface area contributed by atoms with Crippen LogP contribution in [0.4, 0.5) is 0 Å². The molecule has 0 saturated carbocycles. The topological polar surface area (TPSA) is 72.4 Å². The zero-order valence-corrected chi connectivity index (χ0v) is 13.1. The van der Waals surface area contributed by atoms with Crippen LogP contribution in [-0.2, 0) is 11.2 Å². The van der Waals surface area contributed by atoms with E-state index in [1.54, 1.807) is 13.8 Å². The summed E-state index contributed by atoms with van der Waals surface area (Å²) in [4.78, 5) is 16.0. The van der Waals surface area contributed by atoms with Crippen molar-refractivity contribution in [2.45, 2.75) is 25.8 Å². The Bertz CT molecular complexity index is 530. The van der Waals surface area contributed by atoms with Gasteiger partial charge in [-0.3, -0.25) is 4.79 Å². The Labute approximate surface area is 130 Å². The van der Waals surface area contributed by atoms with E-state index in [2.05, 4.69) is 10.3 Å². The van der Waals surface area contributed by atoms with E-state index in [-0.39, 0.29) is 30.7 Å². The molecule has 0 atom stereocenters. The molecule has 20 heavy (non-hydrogen) atoms. The number of rotatable bonds is 4. The number of hydrogen-bond donors (Lipinski definition) is 2. The molecule has 0 fully saturated rings. The molecule has 1 amide bonds. The molecule has 7 heteroatoms. The fourth-order valence-corrected chi connectivity index (χ4v) is 1.64. The summed E-state index contributed by atoms with van der Waals surface area (Å²) in [5.74, 6) is -0.147. The fraction of sp³-hybridized carbons (Fsp3) is 0.385. The Kier molecular flexibility index (Phi) is 6.99. The normalized spacial score (nSPS) is 10.6. The molecule has 2 rings (SSSR count). The number of aromatic nitrogens is 2. The average molecular weight is 319 g/mol. The van der Waals surface area contributed by atoms with Crippen molar-refractivity contribution in [3.8, 4) is 0 Å². The van der Waals surface area contributed by atoms with Gasteiger partial charge in [-0.15, -0.1) is 24.8 Å². The van der Waals surface area contributed by atoms with Gasteiger partial charge in [0.15, 0.2) is 0 Å². The SMILES string of the molecule is CC(C)(N)C(=O)NCCc1cn2ccccc2n1.Cl.Cl. The molecule has 0 unspecified atom stereocenters. The molecule has 2 aromatic heterocycles. The first-order valence-corrected chi connectivity index (χ1v) is 5.96. The van der Waals surface area contributed by atoms with Crippen LogP contribution in [0.25, 0.3) is 5.65 Å². The average Bonchev–Trinajstić information content (AvgIpc) is 2.70. The minimum atomic E-state index is -0.834. The quantitative estimate of drug-likeness (QED) is 0.898. The van der Waals surface area contributed by atoms with Crippen LogP contribution >= 0.6 is 24.8 Å². The summed E-state index contributed by atoms with van der Waals surface area (Å²) in [5, 5.41) is 2.80. The lowest BCUT2D eigenvalue weighted by Gasteiger charge is -2.17. The number of hydrogen-bond acceptors (Lipinski definition) is 3. The van der Waals surface area contributed by atoms with Crippen molar-refractivity contribution in [2.75, 3.05) is 6.54 Å². The van der Waals surface area contributed by atoms with E-state index in [1.165, 1.54) is 0 Å². The molecule has 3 N–H and O–H groups in total. The zero-order chi connectivity index (χ0) is 13.2. The lowest BCUT2D eigenvalue weighted by atomic mass is 10.1. The molecule has 112 valence electrons. The van der Waals surface area contributed by atoms with Crippen molar-refractivity contribution in [1.82, 2.24) is 14.7 Å². The molecule has 0 saturated heterocycles. The highest BCUT2D eigenvalue weighted by Crippen LogP contribution is 2.04. The monoisotopic (exact) mass is 318 g/mol. The van der Waals surface area contributed by atoms with Crippen molar-refractivity contribution in [3.05, 3.63) is 36.3 Å². The molecule has 0 aliphatic rings. The first-order chi connectivity index (χ1) is 8.47. The molecule has 2 aromatic rings. The predicted molar refractivity (Wildman–Crippen MR) is 84.7 cm³/mol. The van der Waals surface area contributed by atoms with Crippen LogP contribution in [0.5, 0.6) is 0 Å². The smallest absolute Gasteiger partial charge is 0.239 e. The number of nitrogens with zero attached hydrogens (tertiary/aromatic N) is 2. The van der Waals surface area contributed by atoms with Gasteiger partial charge in [0.2, 0.25) is 5.91 Å². The molecule has 0 bridgehead atoms. The second-order valence-electron chi connectivity index (χ2n) is 4.93. The third kappa shape index (κ3) is 4.67. The maximum Gasteiger partial charge on any atom is 0.239 e. The number of amides is 1. The number of imidazole rings is 1. The Morgan fingerprint density at radius 3 is 2.70 bits per heavy atom. The summed E-state index contributed by atoms with van der Waals surface area (Å²) in [7, 11) is 0. The summed E-state index contributed by atoms with van der Waals surface area (Å²) in [6, 6.07) is 5.85. The molecule has 0 aliphatic carbocycles. The van der Waals surface area contributed by atoms with E-state index in [1.807, 2.05) is 35.0 Å². The van der Waals surface area contributed by atoms with Gasteiger partial charge in [-0.1, -0.05) is 6.07 Å². The first kappa shape index (κ1) is 18.7. The van der Waals surface area contributed by atoms with Crippen LogP contribution in [-0.4, -0.2) is 27.4 Å². The highest BCUT2D eigenvalue weighted by Gasteiger charge is 2.20. The third-order valence-electron chi connectivity index (χ3n) is 2.67. The molecular weight excluding hydrogens is 299 g/mol. The highest BCUT2D eigenvalue weighted by molar-refractivity contribution is 5.85. The number of fused-ring (bicyclic) bond motifs is 1. The Balaban J connectivity index is 0.00000180. The fourth-order valence-electron chi connectivity index (χ4n) is 1.64. The first-order valence-electron chi connectivity index (χ1n) is 5.96. The van der Waals surface area contributed by atoms with Gasteiger partial charge in [-0.05, 0) is 26.0 Å². The van der Waals surface area contributed by atoms with Crippen LogP contribution in [0.15, 0.2) is 30.6 Å². The summed E-state index contributed by atoms with van der Waals surface area (Å²) < 4.78 is 1.96. The van der Waals surface area contributed by atoms with Gasteiger partial charge in [0.05, 0.1) is 11.2 Å². The summed E-state index contributed by atoms with van der Waals surface area (Å²) in [6.07, 6.45) is 4.62. The number of nitrogens with one attached hydrogen (secondary N) is 1. The Morgan fingerprint density at radius 1 is 1.40 bits per heavy atom. The van der Waals surface area contributed by atoms with Crippen LogP contribution in [0.3, 0.4) is 0 Å². The van der Waals surface area contributed by atoms with Gasteiger partial charge < -0.3 is 15.5 Å². The molecular formula is C13H20Cl2N4O.